The number of carbonyl (C=O) groups is 1. The molecule has 9 heteroatoms. The van der Waals surface area contributed by atoms with Gasteiger partial charge in [-0.3, -0.25) is 9.79 Å². The largest absolute Gasteiger partial charge is 0.385 e. The Hall–Kier alpha value is -1.46. The lowest BCUT2D eigenvalue weighted by atomic mass is 10.1. The monoisotopic (exact) mass is 509 g/mol. The second-order valence-corrected chi connectivity index (χ2v) is 6.23. The van der Waals surface area contributed by atoms with Gasteiger partial charge in [-0.15, -0.1) is 24.0 Å². The Labute approximate surface area is 184 Å². The van der Waals surface area contributed by atoms with Gasteiger partial charge in [-0.2, -0.15) is 0 Å². The summed E-state index contributed by atoms with van der Waals surface area (Å²) >= 11 is 0. The fourth-order valence-electron chi connectivity index (χ4n) is 2.41. The lowest BCUT2D eigenvalue weighted by Crippen LogP contribution is -2.43. The summed E-state index contributed by atoms with van der Waals surface area (Å²) in [6, 6.07) is 5.94. The zero-order valence-corrected chi connectivity index (χ0v) is 19.3. The first-order valence-corrected chi connectivity index (χ1v) is 9.18. The number of nitrogens with zero attached hydrogens (tertiary/aromatic N) is 2. The Bertz CT molecular complexity index is 572. The fraction of sp³-hybridized carbons (Fsp3) is 0.579. The first-order valence-electron chi connectivity index (χ1n) is 9.18. The molecule has 0 bridgehead atoms. The third-order valence-electron chi connectivity index (χ3n) is 3.92. The van der Waals surface area contributed by atoms with Crippen molar-refractivity contribution in [2.45, 2.75) is 12.8 Å². The number of ether oxygens (including phenoxy) is 1. The van der Waals surface area contributed by atoms with Gasteiger partial charge >= 0.3 is 0 Å². The Morgan fingerprint density at radius 2 is 1.75 bits per heavy atom. The maximum absolute atomic E-state index is 12.9. The number of likely N-dealkylation sites (N-methyl/N-ethyl adjacent to an activating group) is 1. The first-order chi connectivity index (χ1) is 13.0. The molecule has 0 saturated carbocycles. The quantitative estimate of drug-likeness (QED) is 0.171. The van der Waals surface area contributed by atoms with Crippen LogP contribution < -0.4 is 16.0 Å². The van der Waals surface area contributed by atoms with Crippen molar-refractivity contribution in [1.29, 1.82) is 0 Å². The van der Waals surface area contributed by atoms with E-state index in [1.165, 1.54) is 12.1 Å². The van der Waals surface area contributed by atoms with Crippen LogP contribution >= 0.6 is 24.0 Å². The molecule has 0 heterocycles. The molecule has 28 heavy (non-hydrogen) atoms. The molecule has 1 amide bonds. The lowest BCUT2D eigenvalue weighted by Gasteiger charge is -2.18. The third-order valence-corrected chi connectivity index (χ3v) is 3.92. The molecule has 0 spiro atoms. The Morgan fingerprint density at radius 1 is 1.11 bits per heavy atom. The minimum atomic E-state index is -0.302. The van der Waals surface area contributed by atoms with E-state index < -0.39 is 0 Å². The molecule has 7 nitrogen and oxygen atoms in total. The van der Waals surface area contributed by atoms with Crippen LogP contribution in [0.15, 0.2) is 29.3 Å². The number of methoxy groups -OCH3 is 1. The highest BCUT2D eigenvalue weighted by Crippen LogP contribution is 2.03. The second-order valence-electron chi connectivity index (χ2n) is 6.23. The number of nitrogens with one attached hydrogen (secondary N) is 3. The Balaban J connectivity index is 0.00000729. The van der Waals surface area contributed by atoms with Gasteiger partial charge in [0, 0.05) is 53.5 Å². The summed E-state index contributed by atoms with van der Waals surface area (Å²) in [4.78, 5) is 18.3. The number of guanidine groups is 1. The predicted octanol–water partition coefficient (Wildman–Crippen LogP) is 1.24. The normalized spacial score (nSPS) is 11.1. The predicted molar refractivity (Wildman–Crippen MR) is 122 cm³/mol. The number of carbonyl (C=O) groups excluding carboxylic acids is 1. The van der Waals surface area contributed by atoms with E-state index in [0.29, 0.717) is 19.0 Å². The molecule has 1 rings (SSSR count). The van der Waals surface area contributed by atoms with Gasteiger partial charge in [0.2, 0.25) is 5.91 Å². The number of amides is 1. The van der Waals surface area contributed by atoms with Crippen molar-refractivity contribution in [3.8, 4) is 0 Å². The molecule has 0 radical (unpaired) electrons. The van der Waals surface area contributed by atoms with E-state index in [2.05, 4.69) is 32.9 Å². The summed E-state index contributed by atoms with van der Waals surface area (Å²) in [5.74, 6) is 0.306. The van der Waals surface area contributed by atoms with Crippen molar-refractivity contribution in [3.05, 3.63) is 35.6 Å². The molecule has 0 saturated heterocycles. The highest BCUT2D eigenvalue weighted by atomic mass is 127. The van der Waals surface area contributed by atoms with Gasteiger partial charge in [0.1, 0.15) is 5.82 Å². The number of rotatable bonds is 12. The summed E-state index contributed by atoms with van der Waals surface area (Å²) in [7, 11) is 5.50. The van der Waals surface area contributed by atoms with Crippen molar-refractivity contribution >= 4 is 35.8 Å². The van der Waals surface area contributed by atoms with E-state index >= 15 is 0 Å². The molecule has 0 atom stereocenters. The zero-order valence-electron chi connectivity index (χ0n) is 17.0. The number of aliphatic imine (C=N–C) groups is 1. The summed E-state index contributed by atoms with van der Waals surface area (Å²) in [5, 5.41) is 9.23. The van der Waals surface area contributed by atoms with Gasteiger partial charge in [0.05, 0.1) is 6.42 Å². The average Bonchev–Trinajstić information content (AvgIpc) is 2.65. The van der Waals surface area contributed by atoms with E-state index in [1.807, 2.05) is 0 Å². The van der Waals surface area contributed by atoms with Gasteiger partial charge < -0.3 is 25.6 Å². The van der Waals surface area contributed by atoms with E-state index in [-0.39, 0.29) is 42.1 Å². The van der Waals surface area contributed by atoms with Gasteiger partial charge in [-0.05, 0) is 31.2 Å². The maximum Gasteiger partial charge on any atom is 0.224 e. The number of hydrogen-bond donors (Lipinski definition) is 3. The minimum absolute atomic E-state index is 0. The number of hydrogen-bond acceptors (Lipinski definition) is 4. The molecule has 0 unspecified atom stereocenters. The van der Waals surface area contributed by atoms with Crippen molar-refractivity contribution in [2.24, 2.45) is 4.99 Å². The topological polar surface area (TPSA) is 78.0 Å². The molecule has 0 fully saturated rings. The van der Waals surface area contributed by atoms with Gasteiger partial charge in [0.25, 0.3) is 0 Å². The van der Waals surface area contributed by atoms with Gasteiger partial charge in [0.15, 0.2) is 5.96 Å². The molecular weight excluding hydrogens is 476 g/mol. The first kappa shape index (κ1) is 26.5. The molecule has 160 valence electrons. The van der Waals surface area contributed by atoms with Crippen LogP contribution in [-0.2, 0) is 16.0 Å². The highest BCUT2D eigenvalue weighted by molar-refractivity contribution is 14.0. The fourth-order valence-corrected chi connectivity index (χ4v) is 2.41. The molecule has 0 aliphatic rings. The van der Waals surface area contributed by atoms with Gasteiger partial charge in [-0.25, -0.2) is 4.39 Å². The Kier molecular flexibility index (Phi) is 15.6. The molecule has 3 N–H and O–H groups in total. The molecule has 1 aromatic carbocycles. The van der Waals surface area contributed by atoms with E-state index in [1.54, 1.807) is 26.3 Å². The van der Waals surface area contributed by atoms with Crippen LogP contribution in [0.5, 0.6) is 0 Å². The van der Waals surface area contributed by atoms with Crippen molar-refractivity contribution in [2.75, 3.05) is 60.5 Å². The van der Waals surface area contributed by atoms with Gasteiger partial charge in [-0.1, -0.05) is 12.1 Å². The summed E-state index contributed by atoms with van der Waals surface area (Å²) in [6.45, 7) is 4.49. The zero-order chi connectivity index (χ0) is 19.9. The van der Waals surface area contributed by atoms with E-state index in [0.717, 1.165) is 38.2 Å². The highest BCUT2D eigenvalue weighted by Gasteiger charge is 2.04. The van der Waals surface area contributed by atoms with Crippen molar-refractivity contribution in [3.63, 3.8) is 0 Å². The summed E-state index contributed by atoms with van der Waals surface area (Å²) < 4.78 is 17.9. The standard InChI is InChI=1S/C19H32FN5O2.HI/c1-21-19(24-11-13-25(2)12-4-14-27-3)23-10-9-22-18(26)15-16-5-7-17(20)8-6-16;/h5-8H,4,9-15H2,1-3H3,(H,22,26)(H2,21,23,24);1H. The van der Waals surface area contributed by atoms with Crippen LogP contribution in [0.1, 0.15) is 12.0 Å². The van der Waals surface area contributed by atoms with Crippen LogP contribution in [0.2, 0.25) is 0 Å². The maximum atomic E-state index is 12.9. The van der Waals surface area contributed by atoms with Crippen LogP contribution in [0.4, 0.5) is 4.39 Å². The number of halogens is 2. The molecule has 0 aliphatic carbocycles. The molecule has 0 aliphatic heterocycles. The van der Waals surface area contributed by atoms with E-state index in [4.69, 9.17) is 4.74 Å². The molecular formula is C19H33FIN5O2. The summed E-state index contributed by atoms with van der Waals surface area (Å²) in [5.41, 5.74) is 0.786. The SMILES string of the molecule is CN=C(NCCNC(=O)Cc1ccc(F)cc1)NCCN(C)CCCOC.I. The van der Waals surface area contributed by atoms with Crippen LogP contribution in [0.25, 0.3) is 0 Å². The van der Waals surface area contributed by atoms with Crippen LogP contribution in [0.3, 0.4) is 0 Å². The third kappa shape index (κ3) is 12.8. The smallest absolute Gasteiger partial charge is 0.224 e. The average molecular weight is 509 g/mol. The van der Waals surface area contributed by atoms with Crippen LogP contribution in [0, 0.1) is 5.82 Å². The Morgan fingerprint density at radius 3 is 2.39 bits per heavy atom. The lowest BCUT2D eigenvalue weighted by molar-refractivity contribution is -0.120. The van der Waals surface area contributed by atoms with Crippen molar-refractivity contribution in [1.82, 2.24) is 20.9 Å². The summed E-state index contributed by atoms with van der Waals surface area (Å²) in [6.07, 6.45) is 1.25. The minimum Gasteiger partial charge on any atom is -0.385 e. The molecule has 1 aromatic rings. The van der Waals surface area contributed by atoms with Crippen LogP contribution in [-0.4, -0.2) is 77.3 Å². The number of benzene rings is 1. The second kappa shape index (κ2) is 16.5. The molecule has 0 aromatic heterocycles. The van der Waals surface area contributed by atoms with Crippen molar-refractivity contribution < 1.29 is 13.9 Å². The van der Waals surface area contributed by atoms with E-state index in [9.17, 15) is 9.18 Å².